The molecular weight excluding hydrogens is 322 g/mol. The quantitative estimate of drug-likeness (QED) is 0.925. The highest BCUT2D eigenvalue weighted by Crippen LogP contribution is 2.29. The molecule has 2 aromatic rings. The highest BCUT2D eigenvalue weighted by atomic mass is 79.9. The Balaban J connectivity index is 1.99. The number of aryl methyl sites for hydroxylation is 1. The Labute approximate surface area is 125 Å². The first-order chi connectivity index (χ1) is 9.29. The smallest absolute Gasteiger partial charge is 0.133 e. The van der Waals surface area contributed by atoms with Crippen LogP contribution < -0.4 is 5.32 Å². The molecular formula is C14H16BrN3S. The minimum Gasteiger partial charge on any atom is -0.369 e. The average molecular weight is 338 g/mol. The topological polar surface area (TPSA) is 29.9 Å². The predicted octanol–water partition coefficient (Wildman–Crippen LogP) is 3.51. The van der Waals surface area contributed by atoms with Gasteiger partial charge in [0.05, 0.1) is 11.4 Å². The van der Waals surface area contributed by atoms with Gasteiger partial charge in [-0.2, -0.15) is 16.9 Å². The van der Waals surface area contributed by atoms with Crippen molar-refractivity contribution in [2.45, 2.75) is 12.8 Å². The molecule has 0 bridgehead atoms. The Morgan fingerprint density at radius 2 is 2.16 bits per heavy atom. The predicted molar refractivity (Wildman–Crippen MR) is 85.5 cm³/mol. The maximum atomic E-state index is 4.79. The van der Waals surface area contributed by atoms with Crippen molar-refractivity contribution in [3.63, 3.8) is 0 Å². The Morgan fingerprint density at radius 3 is 2.89 bits per heavy atom. The monoisotopic (exact) mass is 337 g/mol. The van der Waals surface area contributed by atoms with Crippen molar-refractivity contribution in [2.75, 3.05) is 23.9 Å². The lowest BCUT2D eigenvalue weighted by Crippen LogP contribution is -2.05. The zero-order chi connectivity index (χ0) is 13.2. The average Bonchev–Trinajstić information content (AvgIpc) is 3.00. The molecule has 1 aromatic carbocycles. The largest absolute Gasteiger partial charge is 0.369 e. The molecule has 2 heterocycles. The van der Waals surface area contributed by atoms with Crippen LogP contribution in [0.25, 0.3) is 5.69 Å². The molecule has 0 atom stereocenters. The van der Waals surface area contributed by atoms with E-state index in [9.17, 15) is 0 Å². The summed E-state index contributed by atoms with van der Waals surface area (Å²) in [5.74, 6) is 2.31. The van der Waals surface area contributed by atoms with Gasteiger partial charge in [-0.3, -0.25) is 0 Å². The second kappa shape index (κ2) is 5.59. The second-order valence-corrected chi connectivity index (χ2v) is 6.48. The maximum absolute atomic E-state index is 4.79. The minimum absolute atomic E-state index is 1.02. The summed E-state index contributed by atoms with van der Waals surface area (Å²) >= 11 is 5.34. The summed E-state index contributed by atoms with van der Waals surface area (Å²) in [6.45, 7) is 1.02. The summed E-state index contributed by atoms with van der Waals surface area (Å²) < 4.78 is 3.14. The van der Waals surface area contributed by atoms with Crippen molar-refractivity contribution in [2.24, 2.45) is 0 Å². The van der Waals surface area contributed by atoms with Gasteiger partial charge in [-0.15, -0.1) is 0 Å². The van der Waals surface area contributed by atoms with Crippen LogP contribution in [-0.2, 0) is 12.8 Å². The van der Waals surface area contributed by atoms with E-state index in [0.717, 1.165) is 35.3 Å². The summed E-state index contributed by atoms with van der Waals surface area (Å²) in [7, 11) is 0. The lowest BCUT2D eigenvalue weighted by atomic mass is 10.2. The molecule has 1 aliphatic heterocycles. The molecule has 1 N–H and O–H groups in total. The molecule has 0 spiro atoms. The van der Waals surface area contributed by atoms with Crippen molar-refractivity contribution in [1.82, 2.24) is 9.78 Å². The van der Waals surface area contributed by atoms with Gasteiger partial charge in [-0.05, 0) is 42.7 Å². The summed E-state index contributed by atoms with van der Waals surface area (Å²) in [6.07, 6.45) is 4.29. The Morgan fingerprint density at radius 1 is 1.37 bits per heavy atom. The second-order valence-electron chi connectivity index (χ2n) is 4.58. The van der Waals surface area contributed by atoms with Crippen LogP contribution in [0.2, 0.25) is 0 Å². The summed E-state index contributed by atoms with van der Waals surface area (Å²) in [5, 5.41) is 8.26. The zero-order valence-electron chi connectivity index (χ0n) is 10.8. The van der Waals surface area contributed by atoms with Crippen LogP contribution in [-0.4, -0.2) is 28.3 Å². The van der Waals surface area contributed by atoms with Crippen LogP contribution in [0.15, 0.2) is 28.7 Å². The SMILES string of the molecule is CSCCc1nn(-c2ccc(Br)cc2)c2c1CCN2. The van der Waals surface area contributed by atoms with E-state index in [1.165, 1.54) is 17.1 Å². The molecule has 5 heteroatoms. The third-order valence-electron chi connectivity index (χ3n) is 3.35. The van der Waals surface area contributed by atoms with Gasteiger partial charge >= 0.3 is 0 Å². The number of fused-ring (bicyclic) bond motifs is 1. The molecule has 0 saturated carbocycles. The lowest BCUT2D eigenvalue weighted by molar-refractivity contribution is 0.834. The van der Waals surface area contributed by atoms with Gasteiger partial charge in [0, 0.05) is 23.0 Å². The van der Waals surface area contributed by atoms with E-state index in [2.05, 4.69) is 51.8 Å². The number of aromatic nitrogens is 2. The van der Waals surface area contributed by atoms with Gasteiger partial charge in [0.15, 0.2) is 0 Å². The molecule has 0 fully saturated rings. The fourth-order valence-corrected chi connectivity index (χ4v) is 3.08. The van der Waals surface area contributed by atoms with Crippen molar-refractivity contribution < 1.29 is 0 Å². The summed E-state index contributed by atoms with van der Waals surface area (Å²) in [5.41, 5.74) is 3.76. The van der Waals surface area contributed by atoms with Crippen molar-refractivity contribution >= 4 is 33.5 Å². The molecule has 1 aliphatic rings. The van der Waals surface area contributed by atoms with Gasteiger partial charge in [0.1, 0.15) is 5.82 Å². The van der Waals surface area contributed by atoms with Crippen LogP contribution in [0.3, 0.4) is 0 Å². The Bertz CT molecular complexity index is 577. The van der Waals surface area contributed by atoms with Gasteiger partial charge in [-0.25, -0.2) is 4.68 Å². The van der Waals surface area contributed by atoms with E-state index >= 15 is 0 Å². The number of benzene rings is 1. The molecule has 0 radical (unpaired) electrons. The number of hydrogen-bond acceptors (Lipinski definition) is 3. The third-order valence-corrected chi connectivity index (χ3v) is 4.49. The van der Waals surface area contributed by atoms with E-state index in [4.69, 9.17) is 5.10 Å². The van der Waals surface area contributed by atoms with Crippen LogP contribution >= 0.6 is 27.7 Å². The Hall–Kier alpha value is -0.940. The molecule has 100 valence electrons. The van der Waals surface area contributed by atoms with Gasteiger partial charge in [0.2, 0.25) is 0 Å². The fraction of sp³-hybridized carbons (Fsp3) is 0.357. The standard InChI is InChI=1S/C14H16BrN3S/c1-19-9-7-13-12-6-8-16-14(12)18(17-13)11-4-2-10(15)3-5-11/h2-5,16H,6-9H2,1H3. The number of rotatable bonds is 4. The number of halogens is 1. The van der Waals surface area contributed by atoms with E-state index < -0.39 is 0 Å². The van der Waals surface area contributed by atoms with Crippen LogP contribution in [0.5, 0.6) is 0 Å². The van der Waals surface area contributed by atoms with E-state index in [-0.39, 0.29) is 0 Å². The molecule has 19 heavy (non-hydrogen) atoms. The summed E-state index contributed by atoms with van der Waals surface area (Å²) in [6, 6.07) is 8.30. The first-order valence-corrected chi connectivity index (χ1v) is 8.58. The number of hydrogen-bond donors (Lipinski definition) is 1. The normalized spacial score (nSPS) is 13.4. The molecule has 0 aliphatic carbocycles. The van der Waals surface area contributed by atoms with Crippen molar-refractivity contribution in [1.29, 1.82) is 0 Å². The van der Waals surface area contributed by atoms with Crippen molar-refractivity contribution in [3.05, 3.63) is 40.0 Å². The molecule has 1 aromatic heterocycles. The van der Waals surface area contributed by atoms with Crippen LogP contribution in [0.4, 0.5) is 5.82 Å². The van der Waals surface area contributed by atoms with Crippen LogP contribution in [0.1, 0.15) is 11.3 Å². The van der Waals surface area contributed by atoms with E-state index in [1.807, 2.05) is 16.4 Å². The lowest BCUT2D eigenvalue weighted by Gasteiger charge is -2.06. The highest BCUT2D eigenvalue weighted by molar-refractivity contribution is 9.10. The van der Waals surface area contributed by atoms with E-state index in [0.29, 0.717) is 0 Å². The number of nitrogens with one attached hydrogen (secondary N) is 1. The zero-order valence-corrected chi connectivity index (χ0v) is 13.2. The van der Waals surface area contributed by atoms with Gasteiger partial charge in [-0.1, -0.05) is 15.9 Å². The molecule has 3 rings (SSSR count). The molecule has 0 amide bonds. The number of thioether (sulfide) groups is 1. The van der Waals surface area contributed by atoms with Crippen molar-refractivity contribution in [3.8, 4) is 5.69 Å². The van der Waals surface area contributed by atoms with E-state index in [1.54, 1.807) is 0 Å². The van der Waals surface area contributed by atoms with Gasteiger partial charge in [0.25, 0.3) is 0 Å². The highest BCUT2D eigenvalue weighted by Gasteiger charge is 2.22. The molecule has 3 nitrogen and oxygen atoms in total. The first kappa shape index (κ1) is 13.1. The minimum atomic E-state index is 1.02. The Kier molecular flexibility index (Phi) is 3.84. The molecule has 0 unspecified atom stereocenters. The van der Waals surface area contributed by atoms with Gasteiger partial charge < -0.3 is 5.32 Å². The number of nitrogens with zero attached hydrogens (tertiary/aromatic N) is 2. The maximum Gasteiger partial charge on any atom is 0.133 e. The third kappa shape index (κ3) is 2.54. The summed E-state index contributed by atoms with van der Waals surface area (Å²) in [4.78, 5) is 0. The first-order valence-electron chi connectivity index (χ1n) is 6.39. The molecule has 0 saturated heterocycles. The van der Waals surface area contributed by atoms with Crippen LogP contribution in [0, 0.1) is 0 Å². The number of anilines is 1. The fourth-order valence-electron chi connectivity index (χ4n) is 2.41.